The Morgan fingerprint density at radius 2 is 2.11 bits per heavy atom. The largest absolute Gasteiger partial charge is 0.480 e. The van der Waals surface area contributed by atoms with E-state index in [1.165, 1.54) is 11.8 Å². The van der Waals surface area contributed by atoms with E-state index < -0.39 is 37.2 Å². The fourth-order valence-corrected chi connectivity index (χ4v) is 2.71. The third-order valence-electron chi connectivity index (χ3n) is 2.43. The summed E-state index contributed by atoms with van der Waals surface area (Å²) >= 11 is 1.27. The van der Waals surface area contributed by atoms with E-state index in [4.69, 9.17) is 5.11 Å². The van der Waals surface area contributed by atoms with Crippen LogP contribution >= 0.6 is 11.8 Å². The van der Waals surface area contributed by atoms with Crippen molar-refractivity contribution in [3.63, 3.8) is 0 Å². The lowest BCUT2D eigenvalue weighted by Gasteiger charge is -2.25. The van der Waals surface area contributed by atoms with Crippen molar-refractivity contribution in [2.24, 2.45) is 0 Å². The first-order valence-electron chi connectivity index (χ1n) is 5.19. The molecule has 0 aromatic carbocycles. The van der Waals surface area contributed by atoms with Gasteiger partial charge in [0, 0.05) is 12.3 Å². The number of rotatable bonds is 3. The maximum Gasteiger partial charge on any atom is 0.390 e. The van der Waals surface area contributed by atoms with Crippen LogP contribution in [0.15, 0.2) is 0 Å². The molecule has 0 radical (unpaired) electrons. The maximum atomic E-state index is 11.9. The minimum Gasteiger partial charge on any atom is -0.480 e. The Labute approximate surface area is 106 Å². The van der Waals surface area contributed by atoms with Crippen LogP contribution in [0, 0.1) is 0 Å². The third-order valence-corrected chi connectivity index (χ3v) is 3.64. The minimum atomic E-state index is -4.34. The highest BCUT2D eigenvalue weighted by molar-refractivity contribution is 8.00. The topological polar surface area (TPSA) is 69.6 Å². The lowest BCUT2D eigenvalue weighted by atomic mass is 10.3. The second kappa shape index (κ2) is 5.68. The number of nitrogens with zero attached hydrogens (tertiary/aromatic N) is 1. The Bertz CT molecular complexity index is 338. The molecule has 0 bridgehead atoms. The molecule has 1 fully saturated rings. The zero-order valence-electron chi connectivity index (χ0n) is 9.53. The number of carbonyl (C=O) groups is 2. The molecular formula is C9H13F3N2O3S. The number of halogens is 3. The number of aliphatic carboxylic acids is 1. The van der Waals surface area contributed by atoms with Crippen molar-refractivity contribution >= 4 is 23.8 Å². The monoisotopic (exact) mass is 286 g/mol. The number of hydrogen-bond donors (Lipinski definition) is 2. The number of carbonyl (C=O) groups excluding carboxylic acids is 1. The average Bonchev–Trinajstić information content (AvgIpc) is 2.58. The molecule has 104 valence electrons. The molecule has 5 nitrogen and oxygen atoms in total. The molecule has 0 aromatic heterocycles. The van der Waals surface area contributed by atoms with Crippen molar-refractivity contribution in [3.8, 4) is 0 Å². The summed E-state index contributed by atoms with van der Waals surface area (Å²) in [6, 6.07) is -1.76. The van der Waals surface area contributed by atoms with Crippen LogP contribution in [0.3, 0.4) is 0 Å². The van der Waals surface area contributed by atoms with E-state index in [9.17, 15) is 22.8 Å². The van der Waals surface area contributed by atoms with Crippen LogP contribution < -0.4 is 5.32 Å². The molecule has 0 spiro atoms. The van der Waals surface area contributed by atoms with E-state index in [1.54, 1.807) is 6.92 Å². The summed E-state index contributed by atoms with van der Waals surface area (Å²) in [6.07, 6.45) is -5.48. The molecule has 1 rings (SSSR count). The van der Waals surface area contributed by atoms with E-state index >= 15 is 0 Å². The molecule has 1 heterocycles. The van der Waals surface area contributed by atoms with Crippen LogP contribution in [0.2, 0.25) is 0 Å². The summed E-state index contributed by atoms with van der Waals surface area (Å²) in [5.74, 6) is -0.916. The zero-order valence-corrected chi connectivity index (χ0v) is 10.3. The first-order chi connectivity index (χ1) is 8.22. The summed E-state index contributed by atoms with van der Waals surface area (Å²) in [4.78, 5) is 23.6. The Morgan fingerprint density at radius 3 is 2.61 bits per heavy atom. The van der Waals surface area contributed by atoms with Gasteiger partial charge in [0.1, 0.15) is 6.04 Å². The van der Waals surface area contributed by atoms with Gasteiger partial charge in [0.15, 0.2) is 0 Å². The number of hydrogen-bond acceptors (Lipinski definition) is 3. The Kier molecular flexibility index (Phi) is 4.71. The van der Waals surface area contributed by atoms with Gasteiger partial charge in [0.2, 0.25) is 0 Å². The fourth-order valence-electron chi connectivity index (χ4n) is 1.54. The summed E-state index contributed by atoms with van der Waals surface area (Å²) < 4.78 is 35.7. The predicted molar refractivity (Wildman–Crippen MR) is 59.3 cm³/mol. The van der Waals surface area contributed by atoms with Crippen LogP contribution in [-0.4, -0.2) is 51.9 Å². The van der Waals surface area contributed by atoms with Crippen LogP contribution in [0.5, 0.6) is 0 Å². The van der Waals surface area contributed by atoms with Crippen molar-refractivity contribution in [1.82, 2.24) is 10.2 Å². The highest BCUT2D eigenvalue weighted by Crippen LogP contribution is 2.28. The molecule has 1 aliphatic rings. The second-order valence-corrected chi connectivity index (χ2v) is 5.14. The van der Waals surface area contributed by atoms with Gasteiger partial charge in [0.25, 0.3) is 0 Å². The number of amides is 2. The van der Waals surface area contributed by atoms with E-state index in [0.717, 1.165) is 4.90 Å². The van der Waals surface area contributed by atoms with E-state index in [1.807, 2.05) is 0 Å². The Hall–Kier alpha value is -1.12. The number of thioether (sulfide) groups is 1. The van der Waals surface area contributed by atoms with Gasteiger partial charge in [-0.2, -0.15) is 13.2 Å². The maximum absolute atomic E-state index is 11.9. The molecule has 9 heteroatoms. The highest BCUT2D eigenvalue weighted by Gasteiger charge is 2.39. The highest BCUT2D eigenvalue weighted by atomic mass is 32.2. The molecule has 0 aromatic rings. The Balaban J connectivity index is 2.51. The van der Waals surface area contributed by atoms with Crippen LogP contribution in [0.1, 0.15) is 13.3 Å². The number of alkyl halides is 3. The van der Waals surface area contributed by atoms with E-state index in [2.05, 4.69) is 5.32 Å². The summed E-state index contributed by atoms with van der Waals surface area (Å²) in [5, 5.41) is 10.6. The normalized spacial score (nSPS) is 24.1. The van der Waals surface area contributed by atoms with Crippen molar-refractivity contribution in [1.29, 1.82) is 0 Å². The van der Waals surface area contributed by atoms with Gasteiger partial charge in [-0.25, -0.2) is 9.59 Å². The lowest BCUT2D eigenvalue weighted by molar-refractivity contribution is -0.141. The molecule has 0 saturated carbocycles. The smallest absolute Gasteiger partial charge is 0.390 e. The van der Waals surface area contributed by atoms with Crippen molar-refractivity contribution in [2.75, 3.05) is 12.3 Å². The van der Waals surface area contributed by atoms with Gasteiger partial charge in [-0.3, -0.25) is 4.90 Å². The second-order valence-electron chi connectivity index (χ2n) is 3.79. The van der Waals surface area contributed by atoms with Crippen LogP contribution in [0.4, 0.5) is 18.0 Å². The van der Waals surface area contributed by atoms with Crippen molar-refractivity contribution in [3.05, 3.63) is 0 Å². The van der Waals surface area contributed by atoms with E-state index in [-0.39, 0.29) is 11.1 Å². The number of carboxylic acid groups (broad SMARTS) is 1. The molecule has 2 N–H and O–H groups in total. The van der Waals surface area contributed by atoms with Crippen LogP contribution in [-0.2, 0) is 4.79 Å². The first kappa shape index (κ1) is 14.9. The molecule has 2 amide bonds. The van der Waals surface area contributed by atoms with Gasteiger partial charge >= 0.3 is 18.2 Å². The molecule has 2 unspecified atom stereocenters. The molecule has 2 atom stereocenters. The molecule has 18 heavy (non-hydrogen) atoms. The molecule has 1 saturated heterocycles. The third kappa shape index (κ3) is 3.97. The number of carboxylic acids is 1. The SMILES string of the molecule is CC1SCC(C(=O)O)N1C(=O)NCCC(F)(F)F. The quantitative estimate of drug-likeness (QED) is 0.825. The Morgan fingerprint density at radius 1 is 1.50 bits per heavy atom. The number of nitrogens with one attached hydrogen (secondary N) is 1. The predicted octanol–water partition coefficient (Wildman–Crippen LogP) is 1.50. The van der Waals surface area contributed by atoms with E-state index in [0.29, 0.717) is 0 Å². The van der Waals surface area contributed by atoms with Gasteiger partial charge in [-0.1, -0.05) is 0 Å². The van der Waals surface area contributed by atoms with Crippen molar-refractivity contribution in [2.45, 2.75) is 30.9 Å². The lowest BCUT2D eigenvalue weighted by Crippen LogP contribution is -2.49. The standard InChI is InChI=1S/C9H13F3N2O3S/c1-5-14(6(4-18-5)7(15)16)8(17)13-3-2-9(10,11)12/h5-6H,2-4H2,1H3,(H,13,17)(H,15,16). The molecular weight excluding hydrogens is 273 g/mol. The summed E-state index contributed by atoms with van der Waals surface area (Å²) in [7, 11) is 0. The summed E-state index contributed by atoms with van der Waals surface area (Å²) in [6.45, 7) is 1.08. The minimum absolute atomic E-state index is 0.239. The zero-order chi connectivity index (χ0) is 13.9. The average molecular weight is 286 g/mol. The van der Waals surface area contributed by atoms with Crippen LogP contribution in [0.25, 0.3) is 0 Å². The van der Waals surface area contributed by atoms with Gasteiger partial charge in [-0.15, -0.1) is 11.8 Å². The van der Waals surface area contributed by atoms with Gasteiger partial charge in [-0.05, 0) is 6.92 Å². The van der Waals surface area contributed by atoms with Gasteiger partial charge in [0.05, 0.1) is 11.8 Å². The molecule has 0 aliphatic carbocycles. The fraction of sp³-hybridized carbons (Fsp3) is 0.778. The summed E-state index contributed by atoms with van der Waals surface area (Å²) in [5.41, 5.74) is 0. The first-order valence-corrected chi connectivity index (χ1v) is 6.24. The van der Waals surface area contributed by atoms with Gasteiger partial charge < -0.3 is 10.4 Å². The number of urea groups is 1. The van der Waals surface area contributed by atoms with Crippen molar-refractivity contribution < 1.29 is 27.9 Å². The molecule has 1 aliphatic heterocycles.